The van der Waals surface area contributed by atoms with Crippen molar-refractivity contribution in [2.24, 2.45) is 0 Å². The molecule has 1 rings (SSSR count). The highest BCUT2D eigenvalue weighted by atomic mass is 32.2. The molecular weight excluding hydrogens is 189 g/mol. The van der Waals surface area contributed by atoms with E-state index in [0.29, 0.717) is 4.90 Å². The third kappa shape index (κ3) is 1.76. The minimum absolute atomic E-state index is 0.0225. The highest BCUT2D eigenvalue weighted by Gasteiger charge is 2.12. The van der Waals surface area contributed by atoms with Crippen LogP contribution in [0.4, 0.5) is 4.39 Å². The fourth-order valence-corrected chi connectivity index (χ4v) is 1.46. The second kappa shape index (κ2) is 4.15. The monoisotopic (exact) mass is 197 g/mol. The first-order valence-electron chi connectivity index (χ1n) is 3.55. The van der Waals surface area contributed by atoms with Crippen LogP contribution < -0.4 is 4.74 Å². The zero-order chi connectivity index (χ0) is 9.84. The number of hydrogen-bond acceptors (Lipinski definition) is 3. The Kier molecular flexibility index (Phi) is 3.15. The number of nitriles is 1. The van der Waals surface area contributed by atoms with Gasteiger partial charge in [-0.15, -0.1) is 11.8 Å². The zero-order valence-electron chi connectivity index (χ0n) is 7.30. The van der Waals surface area contributed by atoms with E-state index in [2.05, 4.69) is 0 Å². The quantitative estimate of drug-likeness (QED) is 0.682. The normalized spacial score (nSPS) is 9.38. The molecule has 0 aromatic heterocycles. The van der Waals surface area contributed by atoms with Crippen LogP contribution in [0, 0.1) is 17.1 Å². The Hall–Kier alpha value is -1.21. The number of ether oxygens (including phenoxy) is 1. The van der Waals surface area contributed by atoms with Gasteiger partial charge in [0, 0.05) is 4.90 Å². The lowest BCUT2D eigenvalue weighted by Gasteiger charge is -2.06. The Morgan fingerprint density at radius 2 is 2.23 bits per heavy atom. The predicted octanol–water partition coefficient (Wildman–Crippen LogP) is 2.43. The molecule has 0 heterocycles. The summed E-state index contributed by atoms with van der Waals surface area (Å²) >= 11 is 1.28. The first-order valence-corrected chi connectivity index (χ1v) is 4.77. The van der Waals surface area contributed by atoms with Crippen LogP contribution in [0.25, 0.3) is 0 Å². The lowest BCUT2D eigenvalue weighted by atomic mass is 10.2. The second-order valence-corrected chi connectivity index (χ2v) is 3.12. The lowest BCUT2D eigenvalue weighted by Crippen LogP contribution is -1.93. The molecule has 0 radical (unpaired) electrons. The maximum atomic E-state index is 13.4. The van der Waals surface area contributed by atoms with Crippen LogP contribution in [0.2, 0.25) is 0 Å². The standard InChI is InChI=1S/C9H8FNOS/c1-12-9-6(5-11)3-4-7(13-2)8(9)10/h3-4H,1-2H3. The van der Waals surface area contributed by atoms with Crippen molar-refractivity contribution in [3.63, 3.8) is 0 Å². The molecule has 0 fully saturated rings. The van der Waals surface area contributed by atoms with Crippen LogP contribution in [0.1, 0.15) is 5.56 Å². The summed E-state index contributed by atoms with van der Waals surface area (Å²) in [5, 5.41) is 8.63. The molecule has 0 saturated carbocycles. The van der Waals surface area contributed by atoms with Gasteiger partial charge in [-0.3, -0.25) is 0 Å². The number of thioether (sulfide) groups is 1. The summed E-state index contributed by atoms with van der Waals surface area (Å²) < 4.78 is 18.2. The number of halogens is 1. The molecular formula is C9H8FNOS. The van der Waals surface area contributed by atoms with Crippen LogP contribution in [0.5, 0.6) is 5.75 Å². The topological polar surface area (TPSA) is 33.0 Å². The summed E-state index contributed by atoms with van der Waals surface area (Å²) in [6, 6.07) is 4.98. The number of methoxy groups -OCH3 is 1. The third-order valence-electron chi connectivity index (χ3n) is 1.61. The zero-order valence-corrected chi connectivity index (χ0v) is 8.11. The minimum atomic E-state index is -0.464. The van der Waals surface area contributed by atoms with Gasteiger partial charge in [-0.1, -0.05) is 0 Å². The van der Waals surface area contributed by atoms with Crippen LogP contribution in [0.15, 0.2) is 17.0 Å². The van der Waals surface area contributed by atoms with Crippen molar-refractivity contribution in [2.45, 2.75) is 4.90 Å². The summed E-state index contributed by atoms with van der Waals surface area (Å²) in [6.07, 6.45) is 1.77. The maximum absolute atomic E-state index is 13.4. The molecule has 0 aliphatic heterocycles. The van der Waals surface area contributed by atoms with Gasteiger partial charge in [-0.2, -0.15) is 5.26 Å². The molecule has 13 heavy (non-hydrogen) atoms. The van der Waals surface area contributed by atoms with E-state index in [9.17, 15) is 4.39 Å². The molecule has 0 amide bonds. The molecule has 0 unspecified atom stereocenters. The van der Waals surface area contributed by atoms with E-state index >= 15 is 0 Å². The van der Waals surface area contributed by atoms with Crippen molar-refractivity contribution >= 4 is 11.8 Å². The van der Waals surface area contributed by atoms with Crippen LogP contribution in [-0.2, 0) is 0 Å². The molecule has 0 spiro atoms. The Bertz CT molecular complexity index is 359. The molecule has 0 N–H and O–H groups in total. The Balaban J connectivity index is 3.34. The molecule has 2 nitrogen and oxygen atoms in total. The van der Waals surface area contributed by atoms with Gasteiger partial charge in [-0.25, -0.2) is 4.39 Å². The van der Waals surface area contributed by atoms with Gasteiger partial charge in [0.25, 0.3) is 0 Å². The van der Waals surface area contributed by atoms with Crippen LogP contribution in [-0.4, -0.2) is 13.4 Å². The van der Waals surface area contributed by atoms with E-state index in [0.717, 1.165) is 0 Å². The third-order valence-corrected chi connectivity index (χ3v) is 2.36. The van der Waals surface area contributed by atoms with E-state index in [1.165, 1.54) is 18.9 Å². The fraction of sp³-hybridized carbons (Fsp3) is 0.222. The highest BCUT2D eigenvalue weighted by molar-refractivity contribution is 7.98. The second-order valence-electron chi connectivity index (χ2n) is 2.27. The number of hydrogen-bond donors (Lipinski definition) is 0. The summed E-state index contributed by atoms with van der Waals surface area (Å²) in [7, 11) is 1.35. The Morgan fingerprint density at radius 3 is 2.69 bits per heavy atom. The Labute approximate surface area is 80.3 Å². The predicted molar refractivity (Wildman–Crippen MR) is 49.4 cm³/mol. The van der Waals surface area contributed by atoms with Crippen molar-refractivity contribution in [3.8, 4) is 11.8 Å². The van der Waals surface area contributed by atoms with Crippen molar-refractivity contribution in [1.29, 1.82) is 5.26 Å². The van der Waals surface area contributed by atoms with Gasteiger partial charge in [-0.05, 0) is 18.4 Å². The molecule has 0 atom stereocenters. The van der Waals surface area contributed by atoms with E-state index in [1.807, 2.05) is 6.07 Å². The minimum Gasteiger partial charge on any atom is -0.492 e. The summed E-state index contributed by atoms with van der Waals surface area (Å²) in [5.41, 5.74) is 0.220. The molecule has 0 aliphatic carbocycles. The van der Waals surface area contributed by atoms with Gasteiger partial charge in [0.1, 0.15) is 6.07 Å². The molecule has 0 bridgehead atoms. The van der Waals surface area contributed by atoms with Crippen molar-refractivity contribution in [1.82, 2.24) is 0 Å². The van der Waals surface area contributed by atoms with E-state index in [1.54, 1.807) is 18.4 Å². The first kappa shape index (κ1) is 9.87. The van der Waals surface area contributed by atoms with Crippen LogP contribution in [0.3, 0.4) is 0 Å². The average molecular weight is 197 g/mol. The molecule has 1 aromatic rings. The van der Waals surface area contributed by atoms with Gasteiger partial charge >= 0.3 is 0 Å². The van der Waals surface area contributed by atoms with Gasteiger partial charge in [0.15, 0.2) is 11.6 Å². The van der Waals surface area contributed by atoms with Gasteiger partial charge in [0.2, 0.25) is 0 Å². The molecule has 1 aromatic carbocycles. The molecule has 4 heteroatoms. The largest absolute Gasteiger partial charge is 0.492 e. The molecule has 68 valence electrons. The summed E-state index contributed by atoms with van der Waals surface area (Å²) in [6.45, 7) is 0. The maximum Gasteiger partial charge on any atom is 0.179 e. The first-order chi connectivity index (χ1) is 6.24. The SMILES string of the molecule is COc1c(C#N)ccc(SC)c1F. The molecule has 0 saturated heterocycles. The molecule has 0 aliphatic rings. The average Bonchev–Trinajstić information content (AvgIpc) is 2.17. The van der Waals surface area contributed by atoms with Gasteiger partial charge in [0.05, 0.1) is 12.7 Å². The smallest absolute Gasteiger partial charge is 0.179 e. The van der Waals surface area contributed by atoms with Crippen molar-refractivity contribution < 1.29 is 9.13 Å². The lowest BCUT2D eigenvalue weighted by molar-refractivity contribution is 0.380. The number of nitrogens with zero attached hydrogens (tertiary/aromatic N) is 1. The highest BCUT2D eigenvalue weighted by Crippen LogP contribution is 2.29. The van der Waals surface area contributed by atoms with E-state index in [4.69, 9.17) is 10.00 Å². The summed E-state index contributed by atoms with van der Waals surface area (Å²) in [4.78, 5) is 0.482. The van der Waals surface area contributed by atoms with E-state index < -0.39 is 5.82 Å². The van der Waals surface area contributed by atoms with Gasteiger partial charge < -0.3 is 4.74 Å². The fourth-order valence-electron chi connectivity index (χ4n) is 0.983. The summed E-state index contributed by atoms with van der Waals surface area (Å²) in [5.74, 6) is -0.441. The number of rotatable bonds is 2. The number of benzene rings is 1. The van der Waals surface area contributed by atoms with E-state index in [-0.39, 0.29) is 11.3 Å². The van der Waals surface area contributed by atoms with Crippen LogP contribution >= 0.6 is 11.8 Å². The van der Waals surface area contributed by atoms with Crippen molar-refractivity contribution in [2.75, 3.05) is 13.4 Å². The van der Waals surface area contributed by atoms with Crippen molar-refractivity contribution in [3.05, 3.63) is 23.5 Å². The Morgan fingerprint density at radius 1 is 1.54 bits per heavy atom.